The van der Waals surface area contributed by atoms with E-state index in [0.717, 1.165) is 70.6 Å². The average Bonchev–Trinajstić information content (AvgIpc) is 3.28. The molecule has 0 amide bonds. The van der Waals surface area contributed by atoms with E-state index >= 15 is 0 Å². The number of rotatable bonds is 48. The van der Waals surface area contributed by atoms with Crippen molar-refractivity contribution in [2.45, 2.75) is 271 Å². The van der Waals surface area contributed by atoms with Gasteiger partial charge in [0.25, 0.3) is 0 Å². The van der Waals surface area contributed by atoms with Crippen LogP contribution in [0.3, 0.4) is 0 Å². The fraction of sp³-hybridized carbons (Fsp3) is 0.772. The molecule has 6 nitrogen and oxygen atoms in total. The molecular weight excluding hydrogens is 781 g/mol. The Morgan fingerprint density at radius 2 is 0.603 bits per heavy atom. The molecular formula is C57H100O6. The monoisotopic (exact) mass is 881 g/mol. The molecule has 0 saturated carbocycles. The van der Waals surface area contributed by atoms with Crippen molar-refractivity contribution in [3.8, 4) is 0 Å². The second-order valence-corrected chi connectivity index (χ2v) is 17.8. The Morgan fingerprint density at radius 1 is 0.333 bits per heavy atom. The zero-order valence-electron chi connectivity index (χ0n) is 41.6. The molecule has 1 atom stereocenters. The Labute approximate surface area is 390 Å². The molecule has 0 spiro atoms. The van der Waals surface area contributed by atoms with Gasteiger partial charge in [0.2, 0.25) is 0 Å². The van der Waals surface area contributed by atoms with E-state index in [0.29, 0.717) is 12.8 Å². The zero-order valence-corrected chi connectivity index (χ0v) is 41.6. The topological polar surface area (TPSA) is 78.9 Å². The number of hydrogen-bond acceptors (Lipinski definition) is 6. The SMILES string of the molecule is CC/C=C\C/C=C\C/C=C\C/C=C\C/C=C\CC(=O)OC(COC(=O)CCCCCCCC)COC(=O)CCCCCCCCCCCCCCCCCCCCCCCCCC. The molecule has 0 radical (unpaired) electrons. The minimum absolute atomic E-state index is 0.100. The molecule has 0 aliphatic heterocycles. The summed E-state index contributed by atoms with van der Waals surface area (Å²) >= 11 is 0. The lowest BCUT2D eigenvalue weighted by Gasteiger charge is -2.18. The smallest absolute Gasteiger partial charge is 0.310 e. The van der Waals surface area contributed by atoms with Crippen LogP contribution in [0.1, 0.15) is 265 Å². The van der Waals surface area contributed by atoms with Gasteiger partial charge in [-0.05, 0) is 44.9 Å². The fourth-order valence-corrected chi connectivity index (χ4v) is 7.58. The van der Waals surface area contributed by atoms with Crippen LogP contribution >= 0.6 is 0 Å². The number of carbonyl (C=O) groups excluding carboxylic acids is 3. The first-order valence-corrected chi connectivity index (χ1v) is 26.8. The number of carbonyl (C=O) groups is 3. The summed E-state index contributed by atoms with van der Waals surface area (Å²) in [5.74, 6) is -1.04. The summed E-state index contributed by atoms with van der Waals surface area (Å²) in [6.45, 7) is 6.40. The van der Waals surface area contributed by atoms with Crippen LogP contribution in [0.5, 0.6) is 0 Å². The van der Waals surface area contributed by atoms with Crippen molar-refractivity contribution in [1.29, 1.82) is 0 Å². The van der Waals surface area contributed by atoms with Crippen LogP contribution in [0.4, 0.5) is 0 Å². The number of esters is 3. The summed E-state index contributed by atoms with van der Waals surface area (Å²) in [5.41, 5.74) is 0. The lowest BCUT2D eigenvalue weighted by atomic mass is 10.0. The Hall–Kier alpha value is -2.89. The van der Waals surface area contributed by atoms with Gasteiger partial charge in [-0.15, -0.1) is 0 Å². The fourth-order valence-electron chi connectivity index (χ4n) is 7.58. The molecule has 63 heavy (non-hydrogen) atoms. The molecule has 1 unspecified atom stereocenters. The third kappa shape index (κ3) is 50.0. The standard InChI is InChI=1S/C57H100O6/c1-4-7-10-13-16-18-20-22-24-25-26-27-28-29-30-31-32-34-35-37-39-41-44-47-50-56(59)62-53-54(52-61-55(58)49-46-43-15-12-9-6-3)63-57(60)51-48-45-42-40-38-36-33-23-21-19-17-14-11-8-5-2/h8,11,17,19,23,33,38,40,45,48,54H,4-7,9-10,12-16,18,20-22,24-32,34-37,39,41-44,46-47,49-53H2,1-3H3/b11-8-,19-17-,33-23-,40-38-,48-45-. The van der Waals surface area contributed by atoms with E-state index < -0.39 is 12.1 Å². The summed E-state index contributed by atoms with van der Waals surface area (Å²) in [5, 5.41) is 0. The minimum atomic E-state index is -0.822. The van der Waals surface area contributed by atoms with Crippen LogP contribution in [0.25, 0.3) is 0 Å². The Bertz CT molecular complexity index is 1150. The van der Waals surface area contributed by atoms with Crippen LogP contribution in [0.2, 0.25) is 0 Å². The number of unbranched alkanes of at least 4 members (excludes halogenated alkanes) is 28. The van der Waals surface area contributed by atoms with Gasteiger partial charge in [-0.2, -0.15) is 0 Å². The van der Waals surface area contributed by atoms with Crippen molar-refractivity contribution in [2.24, 2.45) is 0 Å². The molecule has 0 aromatic carbocycles. The van der Waals surface area contributed by atoms with Crippen LogP contribution in [0, 0.1) is 0 Å². The van der Waals surface area contributed by atoms with Crippen LogP contribution < -0.4 is 0 Å². The van der Waals surface area contributed by atoms with E-state index in [1.807, 2.05) is 6.08 Å². The van der Waals surface area contributed by atoms with E-state index in [2.05, 4.69) is 69.4 Å². The first kappa shape index (κ1) is 60.1. The lowest BCUT2D eigenvalue weighted by Crippen LogP contribution is -2.30. The third-order valence-corrected chi connectivity index (χ3v) is 11.6. The highest BCUT2D eigenvalue weighted by molar-refractivity contribution is 5.72. The second kappa shape index (κ2) is 51.7. The molecule has 0 aliphatic rings. The van der Waals surface area contributed by atoms with Gasteiger partial charge in [-0.3, -0.25) is 14.4 Å². The van der Waals surface area contributed by atoms with Crippen molar-refractivity contribution < 1.29 is 28.6 Å². The minimum Gasteiger partial charge on any atom is -0.462 e. The predicted octanol–water partition coefficient (Wildman–Crippen LogP) is 17.6. The summed E-state index contributed by atoms with van der Waals surface area (Å²) in [6, 6.07) is 0. The summed E-state index contributed by atoms with van der Waals surface area (Å²) in [6.07, 6.45) is 64.2. The van der Waals surface area contributed by atoms with Crippen molar-refractivity contribution >= 4 is 17.9 Å². The van der Waals surface area contributed by atoms with Gasteiger partial charge in [0, 0.05) is 12.8 Å². The predicted molar refractivity (Wildman–Crippen MR) is 270 cm³/mol. The number of hydrogen-bond donors (Lipinski definition) is 0. The van der Waals surface area contributed by atoms with Gasteiger partial charge in [0.05, 0.1) is 6.42 Å². The quantitative estimate of drug-likeness (QED) is 0.0262. The normalized spacial score (nSPS) is 12.5. The third-order valence-electron chi connectivity index (χ3n) is 11.6. The first-order chi connectivity index (χ1) is 31.0. The maximum atomic E-state index is 12.7. The molecule has 0 saturated heterocycles. The van der Waals surface area contributed by atoms with E-state index in [-0.39, 0.29) is 31.6 Å². The largest absolute Gasteiger partial charge is 0.462 e. The van der Waals surface area contributed by atoms with Gasteiger partial charge < -0.3 is 14.2 Å². The molecule has 364 valence electrons. The van der Waals surface area contributed by atoms with E-state index in [1.54, 1.807) is 6.08 Å². The molecule has 0 rings (SSSR count). The summed E-state index contributed by atoms with van der Waals surface area (Å²) < 4.78 is 16.6. The van der Waals surface area contributed by atoms with Gasteiger partial charge in [0.1, 0.15) is 13.2 Å². The van der Waals surface area contributed by atoms with Crippen molar-refractivity contribution in [1.82, 2.24) is 0 Å². The van der Waals surface area contributed by atoms with Crippen LogP contribution in [0.15, 0.2) is 60.8 Å². The molecule has 0 aromatic rings. The van der Waals surface area contributed by atoms with Crippen molar-refractivity contribution in [2.75, 3.05) is 13.2 Å². The lowest BCUT2D eigenvalue weighted by molar-refractivity contribution is -0.166. The highest BCUT2D eigenvalue weighted by Crippen LogP contribution is 2.16. The van der Waals surface area contributed by atoms with Crippen LogP contribution in [-0.4, -0.2) is 37.2 Å². The van der Waals surface area contributed by atoms with E-state index in [4.69, 9.17) is 14.2 Å². The first-order valence-electron chi connectivity index (χ1n) is 26.8. The Kier molecular flexibility index (Phi) is 49.4. The zero-order chi connectivity index (χ0) is 45.8. The highest BCUT2D eigenvalue weighted by atomic mass is 16.6. The van der Waals surface area contributed by atoms with Gasteiger partial charge in [-0.25, -0.2) is 0 Å². The summed E-state index contributed by atoms with van der Waals surface area (Å²) in [7, 11) is 0. The van der Waals surface area contributed by atoms with Crippen molar-refractivity contribution in [3.05, 3.63) is 60.8 Å². The van der Waals surface area contributed by atoms with Crippen LogP contribution in [-0.2, 0) is 28.6 Å². The van der Waals surface area contributed by atoms with Crippen molar-refractivity contribution in [3.63, 3.8) is 0 Å². The number of allylic oxidation sites excluding steroid dienone is 9. The molecule has 6 heteroatoms. The van der Waals surface area contributed by atoms with Gasteiger partial charge in [0.15, 0.2) is 6.10 Å². The molecule has 0 heterocycles. The highest BCUT2D eigenvalue weighted by Gasteiger charge is 2.19. The maximum absolute atomic E-state index is 12.7. The average molecular weight is 881 g/mol. The van der Waals surface area contributed by atoms with Gasteiger partial charge in [-0.1, -0.05) is 261 Å². The maximum Gasteiger partial charge on any atom is 0.310 e. The molecule has 0 bridgehead atoms. The molecule has 0 aromatic heterocycles. The van der Waals surface area contributed by atoms with E-state index in [1.165, 1.54) is 154 Å². The number of ether oxygens (including phenoxy) is 3. The van der Waals surface area contributed by atoms with Gasteiger partial charge >= 0.3 is 17.9 Å². The Balaban J connectivity index is 4.17. The molecule has 0 aliphatic carbocycles. The molecule has 0 fully saturated rings. The summed E-state index contributed by atoms with van der Waals surface area (Å²) in [4.78, 5) is 37.7. The molecule has 0 N–H and O–H groups in total. The van der Waals surface area contributed by atoms with E-state index in [9.17, 15) is 14.4 Å². The Morgan fingerprint density at radius 3 is 0.905 bits per heavy atom. The second-order valence-electron chi connectivity index (χ2n) is 17.8.